The Morgan fingerprint density at radius 2 is 2.16 bits per heavy atom. The number of nitriles is 1. The molecule has 0 fully saturated rings. The molecular formula is C15H22N4. The first-order valence-electron chi connectivity index (χ1n) is 7.06. The first-order chi connectivity index (χ1) is 9.24. The summed E-state index contributed by atoms with van der Waals surface area (Å²) in [5, 5.41) is 15.7. The van der Waals surface area contributed by atoms with Crippen LogP contribution in [0.1, 0.15) is 36.6 Å². The van der Waals surface area contributed by atoms with E-state index in [4.69, 9.17) is 0 Å². The van der Waals surface area contributed by atoms with Gasteiger partial charge in [0.25, 0.3) is 0 Å². The minimum atomic E-state index is 0.509. The Bertz CT molecular complexity index is 476. The number of rotatable bonds is 5. The van der Waals surface area contributed by atoms with Gasteiger partial charge in [-0.15, -0.1) is 0 Å². The molecule has 0 bridgehead atoms. The van der Waals surface area contributed by atoms with Crippen LogP contribution in [0, 0.1) is 17.2 Å². The van der Waals surface area contributed by atoms with E-state index in [1.165, 1.54) is 24.1 Å². The van der Waals surface area contributed by atoms with Gasteiger partial charge in [-0.3, -0.25) is 0 Å². The summed E-state index contributed by atoms with van der Waals surface area (Å²) >= 11 is 0. The van der Waals surface area contributed by atoms with Gasteiger partial charge in [0, 0.05) is 12.2 Å². The van der Waals surface area contributed by atoms with Crippen molar-refractivity contribution in [1.82, 2.24) is 10.3 Å². The van der Waals surface area contributed by atoms with Crippen molar-refractivity contribution >= 4 is 5.82 Å². The lowest BCUT2D eigenvalue weighted by molar-refractivity contribution is 0.568. The molecule has 1 heterocycles. The summed E-state index contributed by atoms with van der Waals surface area (Å²) in [5.74, 6) is 1.26. The minimum Gasteiger partial charge on any atom is -0.369 e. The van der Waals surface area contributed by atoms with Gasteiger partial charge in [0.2, 0.25) is 0 Å². The fraction of sp³-hybridized carbons (Fsp3) is 0.600. The molecule has 2 rings (SSSR count). The second-order valence-corrected chi connectivity index (χ2v) is 5.35. The Morgan fingerprint density at radius 3 is 2.89 bits per heavy atom. The average Bonchev–Trinajstić information content (AvgIpc) is 2.44. The molecule has 102 valence electrons. The molecule has 0 amide bonds. The van der Waals surface area contributed by atoms with E-state index in [0.29, 0.717) is 11.5 Å². The van der Waals surface area contributed by atoms with Crippen molar-refractivity contribution < 1.29 is 0 Å². The van der Waals surface area contributed by atoms with Gasteiger partial charge in [0.15, 0.2) is 0 Å². The summed E-state index contributed by atoms with van der Waals surface area (Å²) in [6, 6.07) is 4.28. The molecule has 1 aromatic heterocycles. The lowest BCUT2D eigenvalue weighted by Crippen LogP contribution is -2.23. The van der Waals surface area contributed by atoms with E-state index in [1.54, 1.807) is 0 Å². The van der Waals surface area contributed by atoms with Gasteiger partial charge >= 0.3 is 0 Å². The Kier molecular flexibility index (Phi) is 4.75. The predicted octanol–water partition coefficient (Wildman–Crippen LogP) is 2.10. The maximum atomic E-state index is 9.25. The van der Waals surface area contributed by atoms with Crippen molar-refractivity contribution in [1.29, 1.82) is 5.26 Å². The lowest BCUT2D eigenvalue weighted by atomic mass is 9.95. The summed E-state index contributed by atoms with van der Waals surface area (Å²) in [7, 11) is 1.95. The summed E-state index contributed by atoms with van der Waals surface area (Å²) in [5.41, 5.74) is 3.11. The molecule has 0 saturated carbocycles. The molecule has 19 heavy (non-hydrogen) atoms. The van der Waals surface area contributed by atoms with Crippen LogP contribution in [0.4, 0.5) is 5.82 Å². The molecule has 0 aliphatic heterocycles. The maximum Gasteiger partial charge on any atom is 0.144 e. The number of anilines is 1. The molecular weight excluding hydrogens is 236 g/mol. The molecule has 4 heteroatoms. The molecule has 0 aromatic carbocycles. The summed E-state index contributed by atoms with van der Waals surface area (Å²) in [6.07, 6.45) is 4.53. The van der Waals surface area contributed by atoms with Crippen molar-refractivity contribution in [2.75, 3.05) is 25.5 Å². The Morgan fingerprint density at radius 1 is 1.37 bits per heavy atom. The van der Waals surface area contributed by atoms with E-state index in [1.807, 2.05) is 13.1 Å². The molecule has 0 saturated heterocycles. The van der Waals surface area contributed by atoms with Gasteiger partial charge in [-0.2, -0.15) is 5.26 Å². The molecule has 4 nitrogen and oxygen atoms in total. The molecule has 1 aliphatic rings. The zero-order chi connectivity index (χ0) is 13.7. The van der Waals surface area contributed by atoms with Crippen LogP contribution in [0.15, 0.2) is 6.07 Å². The summed E-state index contributed by atoms with van der Waals surface area (Å²) < 4.78 is 0. The first-order valence-corrected chi connectivity index (χ1v) is 7.06. The number of fused-ring (bicyclic) bond motifs is 1. The third-order valence-electron chi connectivity index (χ3n) is 3.59. The fourth-order valence-electron chi connectivity index (χ4n) is 2.55. The van der Waals surface area contributed by atoms with E-state index in [2.05, 4.69) is 28.6 Å². The van der Waals surface area contributed by atoms with Crippen LogP contribution < -0.4 is 10.6 Å². The number of nitrogens with zero attached hydrogens (tertiary/aromatic N) is 2. The summed E-state index contributed by atoms with van der Waals surface area (Å²) in [4.78, 5) is 4.66. The van der Waals surface area contributed by atoms with Crippen molar-refractivity contribution in [3.8, 4) is 6.07 Å². The van der Waals surface area contributed by atoms with E-state index in [-0.39, 0.29) is 0 Å². The normalized spacial score (nSPS) is 15.4. The highest BCUT2D eigenvalue weighted by Crippen LogP contribution is 2.24. The zero-order valence-corrected chi connectivity index (χ0v) is 11.8. The Balaban J connectivity index is 2.13. The topological polar surface area (TPSA) is 60.7 Å². The number of pyridine rings is 1. The number of aromatic nitrogens is 1. The number of hydrogen-bond donors (Lipinski definition) is 2. The van der Waals surface area contributed by atoms with Crippen LogP contribution in [-0.4, -0.2) is 25.1 Å². The standard InChI is InChI=1S/C15H22N4/c1-11(9-17-2)10-18-15-13(8-16)7-12-5-3-4-6-14(12)19-15/h7,11,17H,3-6,9-10H2,1-2H3,(H,18,19). The molecule has 1 aliphatic carbocycles. The van der Waals surface area contributed by atoms with Crippen molar-refractivity contribution in [3.63, 3.8) is 0 Å². The SMILES string of the molecule is CNCC(C)CNc1nc2c(cc1C#N)CCCC2. The van der Waals surface area contributed by atoms with Gasteiger partial charge < -0.3 is 10.6 Å². The fourth-order valence-corrected chi connectivity index (χ4v) is 2.55. The molecule has 2 N–H and O–H groups in total. The highest BCUT2D eigenvalue weighted by atomic mass is 15.0. The number of hydrogen-bond acceptors (Lipinski definition) is 4. The van der Waals surface area contributed by atoms with Crippen molar-refractivity contribution in [2.24, 2.45) is 5.92 Å². The average molecular weight is 258 g/mol. The van der Waals surface area contributed by atoms with E-state index < -0.39 is 0 Å². The van der Waals surface area contributed by atoms with E-state index >= 15 is 0 Å². The van der Waals surface area contributed by atoms with E-state index in [0.717, 1.165) is 31.7 Å². The van der Waals surface area contributed by atoms with Gasteiger partial charge in [0.1, 0.15) is 11.9 Å². The molecule has 1 atom stereocenters. The van der Waals surface area contributed by atoms with Crippen LogP contribution in [0.2, 0.25) is 0 Å². The van der Waals surface area contributed by atoms with Crippen molar-refractivity contribution in [3.05, 3.63) is 22.9 Å². The first kappa shape index (κ1) is 13.8. The lowest BCUT2D eigenvalue weighted by Gasteiger charge is -2.18. The highest BCUT2D eigenvalue weighted by molar-refractivity contribution is 5.54. The summed E-state index contributed by atoms with van der Waals surface area (Å²) in [6.45, 7) is 3.97. The second kappa shape index (κ2) is 6.53. The Hall–Kier alpha value is -1.60. The van der Waals surface area contributed by atoms with Crippen LogP contribution in [0.5, 0.6) is 0 Å². The van der Waals surface area contributed by atoms with Crippen LogP contribution >= 0.6 is 0 Å². The quantitative estimate of drug-likeness (QED) is 0.849. The van der Waals surface area contributed by atoms with Crippen molar-refractivity contribution in [2.45, 2.75) is 32.6 Å². The maximum absolute atomic E-state index is 9.25. The molecule has 1 aromatic rings. The third-order valence-corrected chi connectivity index (χ3v) is 3.59. The highest BCUT2D eigenvalue weighted by Gasteiger charge is 2.15. The predicted molar refractivity (Wildman–Crippen MR) is 77.2 cm³/mol. The van der Waals surface area contributed by atoms with Gasteiger partial charge in [-0.05, 0) is 56.8 Å². The monoisotopic (exact) mass is 258 g/mol. The largest absolute Gasteiger partial charge is 0.369 e. The van der Waals surface area contributed by atoms with Gasteiger partial charge in [-0.25, -0.2) is 4.98 Å². The van der Waals surface area contributed by atoms with Crippen LogP contribution in [0.25, 0.3) is 0 Å². The third kappa shape index (κ3) is 3.45. The number of aryl methyl sites for hydroxylation is 2. The minimum absolute atomic E-state index is 0.509. The Labute approximate surface area is 115 Å². The molecule has 1 unspecified atom stereocenters. The smallest absolute Gasteiger partial charge is 0.144 e. The van der Waals surface area contributed by atoms with Gasteiger partial charge in [0.05, 0.1) is 5.56 Å². The second-order valence-electron chi connectivity index (χ2n) is 5.35. The molecule has 0 radical (unpaired) electrons. The van der Waals surface area contributed by atoms with Gasteiger partial charge in [-0.1, -0.05) is 6.92 Å². The molecule has 0 spiro atoms. The van der Waals surface area contributed by atoms with Crippen LogP contribution in [0.3, 0.4) is 0 Å². The zero-order valence-electron chi connectivity index (χ0n) is 11.8. The van der Waals surface area contributed by atoms with E-state index in [9.17, 15) is 5.26 Å². The number of nitrogens with one attached hydrogen (secondary N) is 2. The van der Waals surface area contributed by atoms with Crippen LogP contribution in [-0.2, 0) is 12.8 Å².